The highest BCUT2D eigenvalue weighted by Crippen LogP contribution is 2.44. The lowest BCUT2D eigenvalue weighted by Crippen LogP contribution is -2.19. The van der Waals surface area contributed by atoms with Crippen LogP contribution in [0.3, 0.4) is 0 Å². The van der Waals surface area contributed by atoms with Gasteiger partial charge in [-0.2, -0.15) is 21.0 Å². The maximum atomic E-state index is 12.6. The summed E-state index contributed by atoms with van der Waals surface area (Å²) in [6.45, 7) is 10.0. The van der Waals surface area contributed by atoms with Gasteiger partial charge in [-0.25, -0.2) is 29.9 Å². The fraction of sp³-hybridized carbons (Fsp3) is 0.389. The number of Topliss-reactive ketones (excluding diaryl/α,β-unsaturated/α-hetero) is 2. The number of para-hydroxylation sites is 4. The van der Waals surface area contributed by atoms with Crippen LogP contribution >= 0.6 is 34.8 Å². The topological polar surface area (TPSA) is 416 Å². The second kappa shape index (κ2) is 40.4. The summed E-state index contributed by atoms with van der Waals surface area (Å²) in [4.78, 5) is 71.8. The lowest BCUT2D eigenvalue weighted by atomic mass is 10.1. The molecule has 11 aromatic rings. The summed E-state index contributed by atoms with van der Waals surface area (Å²) in [6.07, 6.45) is 16.5. The van der Waals surface area contributed by atoms with Crippen molar-refractivity contribution in [1.82, 2.24) is 48.6 Å². The van der Waals surface area contributed by atoms with Crippen molar-refractivity contribution in [2.75, 3.05) is 69.9 Å². The van der Waals surface area contributed by atoms with E-state index in [1.807, 2.05) is 77.8 Å². The number of pyridine rings is 4. The molecule has 0 bridgehead atoms. The summed E-state index contributed by atoms with van der Waals surface area (Å²) in [5, 5.41) is 48.0. The third-order valence-corrected chi connectivity index (χ3v) is 22.2. The van der Waals surface area contributed by atoms with Crippen LogP contribution in [0.2, 0.25) is 15.3 Å². The Bertz CT molecular complexity index is 5990. The molecular weight excluding hydrogens is 1630 g/mol. The van der Waals surface area contributed by atoms with Gasteiger partial charge in [-0.05, 0) is 191 Å². The van der Waals surface area contributed by atoms with Gasteiger partial charge in [0.15, 0.2) is 39.9 Å². The second-order valence-corrected chi connectivity index (χ2v) is 31.7. The Morgan fingerprint density at radius 3 is 1.22 bits per heavy atom. The standard InChI is InChI=1S/C25H27N5O3.C21H20N4O2.C20H20ClN5O2.C12H13Cl2N3O.C8H8N2O.C4H7NO/c1-15-27-23-20(29-19-7-5-6-17(14-26)24(19)32-2)12-18(13-21(31)16-9-10-16)28-25(23)30(15)22-8-3-4-11-33-22;1-12-8-17-20(23-12)18(9-15(24-17)10-19(26)13-6-7-13)25-16-5-3-4-14(11-22)21(16)27-2;1-12-23-18-15(24-14-7-5-6-13(11-22)19(14)27-2)10-16(21)25-20(18)26(12)17-8-3-4-9-28-17;1-7-15-11-8(13)6-9(14)16-12(11)17(7)10-4-2-3-5-18-10;1-11-8-6(5-9)3-2-4-7(8)10;5-4(6)3-1-2-3/h5-7,12,16,22H,3-4,8-11,13H2,1-2H3,(H,28,29);3-5,9,13H,6-8,10H2,1-2H3,(H,24,25);5-7,10,17H,3-4,8-9H2,1-2H3,(H,24,25);6,10H,2-5H2,1H3;2-4H,10H2,1H3;3H,1-2H2,(H2,5,6). The maximum absolute atomic E-state index is 12.6. The average Bonchev–Trinajstić information content (AvgIpc) is 1.64. The van der Waals surface area contributed by atoms with E-state index < -0.39 is 0 Å². The van der Waals surface area contributed by atoms with Gasteiger partial charge >= 0.3 is 0 Å². The fourth-order valence-corrected chi connectivity index (χ4v) is 15.7. The number of amides is 1. The smallest absolute Gasteiger partial charge is 0.220 e. The Kier molecular flexibility index (Phi) is 29.0. The second-order valence-electron chi connectivity index (χ2n) is 30.5. The van der Waals surface area contributed by atoms with Crippen molar-refractivity contribution in [2.24, 2.45) is 28.5 Å². The number of benzene rings is 4. The van der Waals surface area contributed by atoms with Crippen molar-refractivity contribution < 1.29 is 47.5 Å². The zero-order valence-corrected chi connectivity index (χ0v) is 71.9. The number of aromatic nitrogens is 10. The molecule has 3 unspecified atom stereocenters. The third-order valence-electron chi connectivity index (χ3n) is 21.5. The molecule has 18 rings (SSSR count). The van der Waals surface area contributed by atoms with Crippen LogP contribution in [0.1, 0.15) is 179 Å². The first-order valence-electron chi connectivity index (χ1n) is 40.8. The van der Waals surface area contributed by atoms with Crippen LogP contribution in [-0.2, 0) is 47.9 Å². The van der Waals surface area contributed by atoms with Crippen molar-refractivity contribution in [3.63, 3.8) is 0 Å². The van der Waals surface area contributed by atoms with E-state index in [1.54, 1.807) is 80.9 Å². The molecule has 4 aromatic carbocycles. The van der Waals surface area contributed by atoms with Crippen LogP contribution in [0.25, 0.3) is 33.5 Å². The van der Waals surface area contributed by atoms with E-state index in [1.165, 1.54) is 14.2 Å². The highest BCUT2D eigenvalue weighted by Gasteiger charge is 2.34. The van der Waals surface area contributed by atoms with Crippen LogP contribution in [0.15, 0.2) is 102 Å². The number of halogens is 3. The number of hydrogen-bond acceptors (Lipinski definition) is 26. The Labute approximate surface area is 726 Å². The van der Waals surface area contributed by atoms with Gasteiger partial charge in [0.2, 0.25) is 5.91 Å². The van der Waals surface area contributed by atoms with E-state index in [0.717, 1.165) is 161 Å². The number of nitrogens with zero attached hydrogens (tertiary/aromatic N) is 15. The van der Waals surface area contributed by atoms with Crippen LogP contribution < -0.4 is 46.4 Å². The molecule has 636 valence electrons. The number of fused-ring (bicyclic) bond motifs is 4. The first-order valence-corrected chi connectivity index (χ1v) is 41.9. The van der Waals surface area contributed by atoms with E-state index in [2.05, 4.69) is 59.1 Å². The number of anilines is 7. The van der Waals surface area contributed by atoms with Crippen molar-refractivity contribution in [1.29, 1.82) is 21.0 Å². The number of aliphatic imine (C=N–C) groups is 1. The number of imidazole rings is 3. The van der Waals surface area contributed by atoms with Crippen molar-refractivity contribution in [2.45, 2.75) is 162 Å². The van der Waals surface area contributed by atoms with Crippen LogP contribution in [0.4, 0.5) is 45.5 Å². The molecule has 0 radical (unpaired) electrons. The zero-order chi connectivity index (χ0) is 87.1. The molecule has 7 aliphatic rings. The number of primary amides is 1. The summed E-state index contributed by atoms with van der Waals surface area (Å²) in [6, 6.07) is 36.7. The molecule has 7 N–H and O–H groups in total. The number of hydrogen-bond donors (Lipinski definition) is 5. The maximum Gasteiger partial charge on any atom is 0.220 e. The number of ketones is 2. The summed E-state index contributed by atoms with van der Waals surface area (Å²) >= 11 is 18.4. The predicted octanol–water partition coefficient (Wildman–Crippen LogP) is 18.0. The summed E-state index contributed by atoms with van der Waals surface area (Å²) in [5.74, 6) is 5.34. The number of nitrogens with one attached hydrogen (secondary N) is 3. The van der Waals surface area contributed by atoms with Gasteiger partial charge in [0.25, 0.3) is 0 Å². The predicted molar refractivity (Wildman–Crippen MR) is 469 cm³/mol. The lowest BCUT2D eigenvalue weighted by Gasteiger charge is -2.25. The number of aryl methyl sites for hydroxylation is 3. The quantitative estimate of drug-likeness (QED) is 0.0349. The molecule has 3 atom stereocenters. The highest BCUT2D eigenvalue weighted by atomic mass is 35.5. The lowest BCUT2D eigenvalue weighted by molar-refractivity contribution is -0.120. The Balaban J connectivity index is 0.000000134. The molecule has 6 fully saturated rings. The van der Waals surface area contributed by atoms with Gasteiger partial charge in [0, 0.05) is 68.6 Å². The first-order chi connectivity index (χ1) is 59.5. The molecule has 33 heteroatoms. The van der Waals surface area contributed by atoms with Gasteiger partial charge in [0.1, 0.15) is 105 Å². The molecule has 7 aromatic heterocycles. The summed E-state index contributed by atoms with van der Waals surface area (Å²) in [7, 11) is 6.12. The molecule has 3 saturated carbocycles. The zero-order valence-electron chi connectivity index (χ0n) is 69.6. The number of nitrogens with two attached hydrogens (primary N) is 2. The molecule has 4 aliphatic heterocycles. The number of carbonyl (C=O) groups excluding carboxylic acids is 3. The Morgan fingerprint density at radius 2 is 0.829 bits per heavy atom. The molecular formula is C90H95Cl3N20O10. The fourth-order valence-electron chi connectivity index (χ4n) is 15.1. The number of nitrogen functional groups attached to an aromatic ring is 1. The third kappa shape index (κ3) is 21.2. The first kappa shape index (κ1) is 88.3. The van der Waals surface area contributed by atoms with E-state index >= 15 is 0 Å². The van der Waals surface area contributed by atoms with Crippen molar-refractivity contribution >= 4 is 137 Å². The molecule has 30 nitrogen and oxygen atoms in total. The van der Waals surface area contributed by atoms with Gasteiger partial charge in [-0.1, -0.05) is 59.1 Å². The van der Waals surface area contributed by atoms with Gasteiger partial charge in [-0.15, -0.1) is 0 Å². The molecule has 1 amide bonds. The normalized spacial score (nSPS) is 16.7. The monoisotopic (exact) mass is 1720 g/mol. The molecule has 123 heavy (non-hydrogen) atoms. The minimum Gasteiger partial charge on any atom is -0.493 e. The van der Waals surface area contributed by atoms with E-state index in [-0.39, 0.29) is 53.9 Å². The summed E-state index contributed by atoms with van der Waals surface area (Å²) < 4.78 is 45.1. The number of nitriles is 4. The van der Waals surface area contributed by atoms with Crippen LogP contribution in [-0.4, -0.2) is 120 Å². The van der Waals surface area contributed by atoms with Crippen molar-refractivity contribution in [3.8, 4) is 47.3 Å². The molecule has 0 spiro atoms. The summed E-state index contributed by atoms with van der Waals surface area (Å²) in [5.41, 5.74) is 25.2. The Hall–Kier alpha value is -12.5. The van der Waals surface area contributed by atoms with E-state index in [4.69, 9.17) is 99.6 Å². The largest absolute Gasteiger partial charge is 0.493 e. The van der Waals surface area contributed by atoms with Crippen LogP contribution in [0.5, 0.6) is 23.0 Å². The van der Waals surface area contributed by atoms with Gasteiger partial charge < -0.3 is 60.6 Å². The number of rotatable bonds is 20. The van der Waals surface area contributed by atoms with E-state index in [9.17, 15) is 30.2 Å². The van der Waals surface area contributed by atoms with Crippen molar-refractivity contribution in [3.05, 3.63) is 169 Å². The van der Waals surface area contributed by atoms with Crippen LogP contribution in [0, 0.1) is 83.8 Å². The average molecular weight is 1720 g/mol. The number of methoxy groups -OCH3 is 4. The molecule has 3 aliphatic carbocycles. The number of ether oxygens (including phenoxy) is 7. The van der Waals surface area contributed by atoms with Gasteiger partial charge in [0.05, 0.1) is 113 Å². The Morgan fingerprint density at radius 1 is 0.455 bits per heavy atom. The number of carbonyl (C=O) groups is 3. The van der Waals surface area contributed by atoms with Gasteiger partial charge in [-0.3, -0.25) is 38.1 Å². The minimum absolute atomic E-state index is 0.00853. The molecule has 11 heterocycles. The highest BCUT2D eigenvalue weighted by molar-refractivity contribution is 6.37. The SMILES string of the molecule is COc1c(C#N)cccc1Nc1cc(CC(=O)C2CC2)nc2c1N=C(C)C2.COc1c(C#N)cccc1Nc1cc(CC(=O)C2CC2)nc2c1nc(C)n2C1CCCCO1.COc1c(C#N)cccc1Nc1cc(Cl)nc2c1nc(C)n2C1CCCCO1.COc1c(N)cccc1C#N.Cc1nc2c(Cl)cc(Cl)nc2n1C1CCCCO1.NC(=O)C1CC1. The minimum atomic E-state index is -0.130. The molecule has 3 saturated heterocycles. The van der Waals surface area contributed by atoms with E-state index in [0.29, 0.717) is 154 Å².